The molecule has 0 aromatic carbocycles. The highest BCUT2D eigenvalue weighted by molar-refractivity contribution is 5.85. The molecule has 0 bridgehead atoms. The van der Waals surface area contributed by atoms with Gasteiger partial charge < -0.3 is 5.32 Å². The first-order valence-corrected chi connectivity index (χ1v) is 3.43. The SMILES string of the molecule is CNCC(=O)C1CC1C. The Morgan fingerprint density at radius 2 is 2.33 bits per heavy atom. The molecular weight excluding hydrogens is 114 g/mol. The molecular formula is C7H13NO. The van der Waals surface area contributed by atoms with Gasteiger partial charge in [-0.3, -0.25) is 4.79 Å². The number of nitrogens with one attached hydrogen (secondary N) is 1. The Morgan fingerprint density at radius 3 is 2.67 bits per heavy atom. The number of rotatable bonds is 3. The van der Waals surface area contributed by atoms with Gasteiger partial charge in [-0.05, 0) is 19.4 Å². The monoisotopic (exact) mass is 127 g/mol. The molecule has 0 saturated heterocycles. The van der Waals surface area contributed by atoms with E-state index in [4.69, 9.17) is 0 Å². The Hall–Kier alpha value is -0.370. The maximum Gasteiger partial charge on any atom is 0.149 e. The number of carbonyl (C=O) groups is 1. The van der Waals surface area contributed by atoms with Gasteiger partial charge in [-0.25, -0.2) is 0 Å². The molecule has 0 aliphatic heterocycles. The molecule has 1 aliphatic carbocycles. The van der Waals surface area contributed by atoms with Crippen molar-refractivity contribution in [1.82, 2.24) is 5.32 Å². The van der Waals surface area contributed by atoms with Gasteiger partial charge in [-0.1, -0.05) is 6.92 Å². The Morgan fingerprint density at radius 1 is 1.78 bits per heavy atom. The van der Waals surface area contributed by atoms with E-state index in [0.717, 1.165) is 6.42 Å². The van der Waals surface area contributed by atoms with Gasteiger partial charge in [0.25, 0.3) is 0 Å². The standard InChI is InChI=1S/C7H13NO/c1-5-3-6(5)7(9)4-8-2/h5-6,8H,3-4H2,1-2H3. The number of hydrogen-bond acceptors (Lipinski definition) is 2. The van der Waals surface area contributed by atoms with Crippen LogP contribution in [0.3, 0.4) is 0 Å². The molecule has 9 heavy (non-hydrogen) atoms. The Labute approximate surface area is 55.6 Å². The molecule has 2 nitrogen and oxygen atoms in total. The van der Waals surface area contributed by atoms with Crippen LogP contribution in [0.25, 0.3) is 0 Å². The fourth-order valence-electron chi connectivity index (χ4n) is 1.08. The van der Waals surface area contributed by atoms with E-state index < -0.39 is 0 Å². The second-order valence-corrected chi connectivity index (χ2v) is 2.82. The second-order valence-electron chi connectivity index (χ2n) is 2.82. The highest BCUT2D eigenvalue weighted by Crippen LogP contribution is 2.37. The summed E-state index contributed by atoms with van der Waals surface area (Å²) in [6.07, 6.45) is 1.11. The van der Waals surface area contributed by atoms with Crippen LogP contribution in [0.1, 0.15) is 13.3 Å². The average molecular weight is 127 g/mol. The van der Waals surface area contributed by atoms with Gasteiger partial charge in [-0.2, -0.15) is 0 Å². The molecule has 0 spiro atoms. The molecule has 1 aliphatic rings. The quantitative estimate of drug-likeness (QED) is 0.595. The van der Waals surface area contributed by atoms with E-state index in [1.54, 1.807) is 0 Å². The van der Waals surface area contributed by atoms with Crippen LogP contribution in [-0.4, -0.2) is 19.4 Å². The van der Waals surface area contributed by atoms with E-state index in [0.29, 0.717) is 24.2 Å². The zero-order valence-corrected chi connectivity index (χ0v) is 5.98. The molecule has 1 fully saturated rings. The number of likely N-dealkylation sites (N-methyl/N-ethyl adjacent to an activating group) is 1. The summed E-state index contributed by atoms with van der Waals surface area (Å²) in [4.78, 5) is 11.0. The van der Waals surface area contributed by atoms with Gasteiger partial charge >= 0.3 is 0 Å². The summed E-state index contributed by atoms with van der Waals surface area (Å²) in [5, 5.41) is 2.86. The van der Waals surface area contributed by atoms with E-state index in [1.165, 1.54) is 0 Å². The molecule has 1 rings (SSSR count). The van der Waals surface area contributed by atoms with Gasteiger partial charge in [0.15, 0.2) is 0 Å². The summed E-state index contributed by atoms with van der Waals surface area (Å²) in [6.45, 7) is 2.67. The lowest BCUT2D eigenvalue weighted by Gasteiger charge is -1.94. The first kappa shape index (κ1) is 6.75. The normalized spacial score (nSPS) is 32.2. The zero-order chi connectivity index (χ0) is 6.85. The van der Waals surface area contributed by atoms with Gasteiger partial charge in [0.05, 0.1) is 6.54 Å². The molecule has 0 heterocycles. The predicted molar refractivity (Wildman–Crippen MR) is 36.2 cm³/mol. The first-order chi connectivity index (χ1) is 4.25. The van der Waals surface area contributed by atoms with Crippen molar-refractivity contribution in [1.29, 1.82) is 0 Å². The molecule has 2 heteroatoms. The van der Waals surface area contributed by atoms with Crippen molar-refractivity contribution in [3.8, 4) is 0 Å². The lowest BCUT2D eigenvalue weighted by atomic mass is 10.2. The minimum absolute atomic E-state index is 0.380. The number of Topliss-reactive ketones (excluding diaryl/α,β-unsaturated/α-hetero) is 1. The fraction of sp³-hybridized carbons (Fsp3) is 0.857. The summed E-state index contributed by atoms with van der Waals surface area (Å²) in [5.74, 6) is 1.42. The number of hydrogen-bond donors (Lipinski definition) is 1. The van der Waals surface area contributed by atoms with Crippen molar-refractivity contribution in [3.63, 3.8) is 0 Å². The fourth-order valence-corrected chi connectivity index (χ4v) is 1.08. The molecule has 0 aromatic heterocycles. The summed E-state index contributed by atoms with van der Waals surface area (Å²) in [5.41, 5.74) is 0. The summed E-state index contributed by atoms with van der Waals surface area (Å²) < 4.78 is 0. The number of ketones is 1. The van der Waals surface area contributed by atoms with Gasteiger partial charge in [-0.15, -0.1) is 0 Å². The molecule has 2 unspecified atom stereocenters. The molecule has 0 amide bonds. The van der Waals surface area contributed by atoms with Crippen molar-refractivity contribution in [2.45, 2.75) is 13.3 Å². The molecule has 1 N–H and O–H groups in total. The van der Waals surface area contributed by atoms with Crippen molar-refractivity contribution in [2.75, 3.05) is 13.6 Å². The van der Waals surface area contributed by atoms with Gasteiger partial charge in [0, 0.05) is 5.92 Å². The Kier molecular flexibility index (Phi) is 1.86. The average Bonchev–Trinajstić information content (AvgIpc) is 2.47. The van der Waals surface area contributed by atoms with Gasteiger partial charge in [0.2, 0.25) is 0 Å². The van der Waals surface area contributed by atoms with Crippen LogP contribution < -0.4 is 5.32 Å². The molecule has 52 valence electrons. The van der Waals surface area contributed by atoms with Crippen LogP contribution in [0.15, 0.2) is 0 Å². The van der Waals surface area contributed by atoms with Crippen LogP contribution in [0.2, 0.25) is 0 Å². The number of carbonyl (C=O) groups excluding carboxylic acids is 1. The smallest absolute Gasteiger partial charge is 0.149 e. The van der Waals surface area contributed by atoms with Crippen LogP contribution in [0, 0.1) is 11.8 Å². The van der Waals surface area contributed by atoms with Crippen molar-refractivity contribution in [3.05, 3.63) is 0 Å². The van der Waals surface area contributed by atoms with Crippen LogP contribution in [-0.2, 0) is 4.79 Å². The largest absolute Gasteiger partial charge is 0.313 e. The van der Waals surface area contributed by atoms with Gasteiger partial charge in [0.1, 0.15) is 5.78 Å². The molecule has 0 aromatic rings. The summed E-state index contributed by atoms with van der Waals surface area (Å²) in [6, 6.07) is 0. The van der Waals surface area contributed by atoms with Crippen LogP contribution >= 0.6 is 0 Å². The van der Waals surface area contributed by atoms with E-state index in [2.05, 4.69) is 12.2 Å². The minimum Gasteiger partial charge on any atom is -0.313 e. The van der Waals surface area contributed by atoms with Crippen LogP contribution in [0.4, 0.5) is 0 Å². The van der Waals surface area contributed by atoms with Crippen molar-refractivity contribution < 1.29 is 4.79 Å². The lowest BCUT2D eigenvalue weighted by molar-refractivity contribution is -0.119. The molecule has 0 radical (unpaired) electrons. The highest BCUT2D eigenvalue weighted by atomic mass is 16.1. The summed E-state index contributed by atoms with van der Waals surface area (Å²) in [7, 11) is 1.81. The highest BCUT2D eigenvalue weighted by Gasteiger charge is 2.37. The summed E-state index contributed by atoms with van der Waals surface area (Å²) >= 11 is 0. The van der Waals surface area contributed by atoms with Crippen molar-refractivity contribution >= 4 is 5.78 Å². The Bertz CT molecular complexity index is 122. The van der Waals surface area contributed by atoms with E-state index in [1.807, 2.05) is 7.05 Å². The Balaban J connectivity index is 2.20. The second kappa shape index (κ2) is 2.48. The third-order valence-corrected chi connectivity index (χ3v) is 1.87. The zero-order valence-electron chi connectivity index (χ0n) is 5.98. The minimum atomic E-state index is 0.380. The van der Waals surface area contributed by atoms with Crippen LogP contribution in [0.5, 0.6) is 0 Å². The maximum absolute atomic E-state index is 11.0. The predicted octanol–water partition coefficient (Wildman–Crippen LogP) is 0.431. The topological polar surface area (TPSA) is 29.1 Å². The van der Waals surface area contributed by atoms with E-state index >= 15 is 0 Å². The van der Waals surface area contributed by atoms with Crippen molar-refractivity contribution in [2.24, 2.45) is 11.8 Å². The molecule has 1 saturated carbocycles. The lowest BCUT2D eigenvalue weighted by Crippen LogP contribution is -2.20. The molecule has 2 atom stereocenters. The van der Waals surface area contributed by atoms with E-state index in [9.17, 15) is 4.79 Å². The third-order valence-electron chi connectivity index (χ3n) is 1.87. The maximum atomic E-state index is 11.0. The van der Waals surface area contributed by atoms with E-state index in [-0.39, 0.29) is 0 Å². The first-order valence-electron chi connectivity index (χ1n) is 3.43. The third kappa shape index (κ3) is 1.52.